The fourth-order valence-corrected chi connectivity index (χ4v) is 1.28. The molecule has 0 aliphatic carbocycles. The Bertz CT molecular complexity index is 506. The minimum absolute atomic E-state index is 0.142. The quantitative estimate of drug-likeness (QED) is 0.485. The molecular formula is C10H12N2O5. The normalized spacial score (nSPS) is 10.0. The zero-order chi connectivity index (χ0) is 13.0. The Morgan fingerprint density at radius 2 is 2.24 bits per heavy atom. The van der Waals surface area contributed by atoms with Gasteiger partial charge in [-0.2, -0.15) is 0 Å². The third-order valence-electron chi connectivity index (χ3n) is 1.97. The Morgan fingerprint density at radius 1 is 1.59 bits per heavy atom. The number of pyridine rings is 1. The van der Waals surface area contributed by atoms with Gasteiger partial charge in [-0.05, 0) is 13.3 Å². The standard InChI is InChI=1S/C10H12N2O5/c1-3-4-8(13)17-7-5-6(2)11-10(14)9(7)12(15)16/h5H,3-4H2,1-2H3,(H,11,14). The highest BCUT2D eigenvalue weighted by Gasteiger charge is 2.23. The van der Waals surface area contributed by atoms with Gasteiger partial charge < -0.3 is 9.72 Å². The fraction of sp³-hybridized carbons (Fsp3) is 0.400. The molecule has 0 aliphatic heterocycles. The van der Waals surface area contributed by atoms with Crippen LogP contribution >= 0.6 is 0 Å². The average Bonchev–Trinajstić information content (AvgIpc) is 2.15. The molecule has 0 aromatic carbocycles. The number of nitro groups is 1. The number of nitrogens with zero attached hydrogens (tertiary/aromatic N) is 1. The molecule has 92 valence electrons. The molecular weight excluding hydrogens is 228 g/mol. The Hall–Kier alpha value is -2.18. The summed E-state index contributed by atoms with van der Waals surface area (Å²) in [5.74, 6) is -0.907. The molecule has 1 aromatic heterocycles. The maximum atomic E-state index is 11.4. The van der Waals surface area contributed by atoms with Crippen molar-refractivity contribution in [3.05, 3.63) is 32.2 Å². The minimum Gasteiger partial charge on any atom is -0.419 e. The summed E-state index contributed by atoms with van der Waals surface area (Å²) in [5, 5.41) is 10.7. The van der Waals surface area contributed by atoms with Gasteiger partial charge in [-0.3, -0.25) is 19.7 Å². The number of aromatic amines is 1. The number of esters is 1. The molecule has 17 heavy (non-hydrogen) atoms. The van der Waals surface area contributed by atoms with Crippen molar-refractivity contribution in [2.75, 3.05) is 0 Å². The summed E-state index contributed by atoms with van der Waals surface area (Å²) >= 11 is 0. The first-order chi connectivity index (χ1) is 7.95. The number of hydrogen-bond donors (Lipinski definition) is 1. The van der Waals surface area contributed by atoms with Gasteiger partial charge in [0.05, 0.1) is 4.92 Å². The van der Waals surface area contributed by atoms with E-state index in [1.807, 2.05) is 0 Å². The third-order valence-corrected chi connectivity index (χ3v) is 1.97. The van der Waals surface area contributed by atoms with Crippen LogP contribution in [0, 0.1) is 17.0 Å². The molecule has 0 aliphatic rings. The lowest BCUT2D eigenvalue weighted by molar-refractivity contribution is -0.387. The number of aromatic nitrogens is 1. The first-order valence-corrected chi connectivity index (χ1v) is 5.04. The average molecular weight is 240 g/mol. The molecule has 1 aromatic rings. The van der Waals surface area contributed by atoms with E-state index in [2.05, 4.69) is 4.98 Å². The lowest BCUT2D eigenvalue weighted by Gasteiger charge is -2.04. The fourth-order valence-electron chi connectivity index (χ4n) is 1.28. The van der Waals surface area contributed by atoms with Crippen LogP contribution < -0.4 is 10.3 Å². The van der Waals surface area contributed by atoms with E-state index >= 15 is 0 Å². The van der Waals surface area contributed by atoms with Gasteiger partial charge in [0.2, 0.25) is 5.75 Å². The van der Waals surface area contributed by atoms with Crippen molar-refractivity contribution in [1.82, 2.24) is 4.98 Å². The third kappa shape index (κ3) is 3.13. The van der Waals surface area contributed by atoms with Gasteiger partial charge in [0.15, 0.2) is 0 Å². The van der Waals surface area contributed by atoms with Crippen LogP contribution in [0.25, 0.3) is 0 Å². The highest BCUT2D eigenvalue weighted by molar-refractivity contribution is 5.73. The van der Waals surface area contributed by atoms with Gasteiger partial charge in [0.25, 0.3) is 0 Å². The molecule has 0 fully saturated rings. The molecule has 1 N–H and O–H groups in total. The van der Waals surface area contributed by atoms with Crippen molar-refractivity contribution in [3.8, 4) is 5.75 Å². The number of rotatable bonds is 4. The molecule has 7 nitrogen and oxygen atoms in total. The lowest BCUT2D eigenvalue weighted by atomic mass is 10.3. The van der Waals surface area contributed by atoms with E-state index in [9.17, 15) is 19.7 Å². The van der Waals surface area contributed by atoms with Crippen molar-refractivity contribution in [2.45, 2.75) is 26.7 Å². The second-order valence-corrected chi connectivity index (χ2v) is 3.48. The molecule has 0 atom stereocenters. The van der Waals surface area contributed by atoms with Crippen LogP contribution in [-0.2, 0) is 4.79 Å². The van der Waals surface area contributed by atoms with Gasteiger partial charge in [-0.25, -0.2) is 0 Å². The second-order valence-electron chi connectivity index (χ2n) is 3.48. The molecule has 0 amide bonds. The minimum atomic E-state index is -0.880. The van der Waals surface area contributed by atoms with Crippen LogP contribution in [0.15, 0.2) is 10.9 Å². The number of carbonyl (C=O) groups is 1. The van der Waals surface area contributed by atoms with Crippen molar-refractivity contribution >= 4 is 11.7 Å². The lowest BCUT2D eigenvalue weighted by Crippen LogP contribution is -2.17. The van der Waals surface area contributed by atoms with E-state index in [0.29, 0.717) is 12.1 Å². The Labute approximate surface area is 96.6 Å². The summed E-state index contributed by atoms with van der Waals surface area (Å²) in [6.07, 6.45) is 0.706. The molecule has 7 heteroatoms. The number of hydrogen-bond acceptors (Lipinski definition) is 5. The SMILES string of the molecule is CCCC(=O)Oc1cc(C)[nH]c(=O)c1[N+](=O)[O-]. The number of nitrogens with one attached hydrogen (secondary N) is 1. The second kappa shape index (κ2) is 5.24. The molecule has 0 saturated heterocycles. The molecule has 1 heterocycles. The highest BCUT2D eigenvalue weighted by atomic mass is 16.6. The predicted octanol–water partition coefficient (Wildman–Crippen LogP) is 1.30. The number of H-pyrrole nitrogens is 1. The van der Waals surface area contributed by atoms with Gasteiger partial charge >= 0.3 is 17.2 Å². The monoisotopic (exact) mass is 240 g/mol. The molecule has 0 radical (unpaired) electrons. The summed E-state index contributed by atoms with van der Waals surface area (Å²) in [7, 11) is 0. The summed E-state index contributed by atoms with van der Waals surface area (Å²) in [5.41, 5.74) is -1.24. The Kier molecular flexibility index (Phi) is 3.97. The van der Waals surface area contributed by atoms with Crippen molar-refractivity contribution in [2.24, 2.45) is 0 Å². The van der Waals surface area contributed by atoms with Crippen LogP contribution in [0.1, 0.15) is 25.5 Å². The van der Waals surface area contributed by atoms with E-state index in [1.165, 1.54) is 6.07 Å². The molecule has 0 unspecified atom stereocenters. The number of aryl methyl sites for hydroxylation is 1. The molecule has 0 bridgehead atoms. The maximum Gasteiger partial charge on any atom is 0.376 e. The van der Waals surface area contributed by atoms with E-state index < -0.39 is 22.1 Å². The van der Waals surface area contributed by atoms with Crippen LogP contribution in [0.5, 0.6) is 5.75 Å². The maximum absolute atomic E-state index is 11.4. The van der Waals surface area contributed by atoms with Crippen molar-refractivity contribution < 1.29 is 14.5 Å². The molecule has 0 saturated carbocycles. The first-order valence-electron chi connectivity index (χ1n) is 5.04. The van der Waals surface area contributed by atoms with Gasteiger partial charge in [0, 0.05) is 18.2 Å². The zero-order valence-electron chi connectivity index (χ0n) is 9.48. The summed E-state index contributed by atoms with van der Waals surface area (Å²) in [6, 6.07) is 1.26. The topological polar surface area (TPSA) is 102 Å². The molecule has 0 spiro atoms. The van der Waals surface area contributed by atoms with E-state index in [4.69, 9.17) is 4.74 Å². The van der Waals surface area contributed by atoms with Crippen LogP contribution in [-0.4, -0.2) is 15.9 Å². The Balaban J connectivity index is 3.17. The van der Waals surface area contributed by atoms with Crippen LogP contribution in [0.3, 0.4) is 0 Å². The van der Waals surface area contributed by atoms with Gasteiger partial charge in [-0.15, -0.1) is 0 Å². The first kappa shape index (κ1) is 12.9. The Morgan fingerprint density at radius 3 is 2.76 bits per heavy atom. The van der Waals surface area contributed by atoms with Crippen molar-refractivity contribution in [1.29, 1.82) is 0 Å². The smallest absolute Gasteiger partial charge is 0.376 e. The van der Waals surface area contributed by atoms with E-state index in [-0.39, 0.29) is 12.2 Å². The number of carbonyl (C=O) groups excluding carboxylic acids is 1. The van der Waals surface area contributed by atoms with Crippen LogP contribution in [0.2, 0.25) is 0 Å². The van der Waals surface area contributed by atoms with Crippen molar-refractivity contribution in [3.63, 3.8) is 0 Å². The summed E-state index contributed by atoms with van der Waals surface area (Å²) < 4.78 is 4.81. The van der Waals surface area contributed by atoms with Gasteiger partial charge in [0.1, 0.15) is 0 Å². The molecule has 1 rings (SSSR count). The van der Waals surface area contributed by atoms with Crippen LogP contribution in [0.4, 0.5) is 5.69 Å². The largest absolute Gasteiger partial charge is 0.419 e. The summed E-state index contributed by atoms with van der Waals surface area (Å²) in [6.45, 7) is 3.32. The van der Waals surface area contributed by atoms with E-state index in [1.54, 1.807) is 13.8 Å². The number of ether oxygens (including phenoxy) is 1. The zero-order valence-corrected chi connectivity index (χ0v) is 9.48. The highest BCUT2D eigenvalue weighted by Crippen LogP contribution is 2.23. The summed E-state index contributed by atoms with van der Waals surface area (Å²) in [4.78, 5) is 34.7. The van der Waals surface area contributed by atoms with Gasteiger partial charge in [-0.1, -0.05) is 6.92 Å². The van der Waals surface area contributed by atoms with E-state index in [0.717, 1.165) is 0 Å². The predicted molar refractivity (Wildman–Crippen MR) is 59.0 cm³/mol.